The Morgan fingerprint density at radius 3 is 2.59 bits per heavy atom. The third kappa shape index (κ3) is 5.63. The molecule has 2 unspecified atom stereocenters. The Bertz CT molecular complexity index is 2020. The maximum absolute atomic E-state index is 13.6. The predicted octanol–water partition coefficient (Wildman–Crippen LogP) is 0.0525. The highest BCUT2D eigenvalue weighted by Gasteiger charge is 2.54. The fourth-order valence-corrected chi connectivity index (χ4v) is 7.40. The minimum absolute atomic E-state index is 0.0368. The fraction of sp³-hybridized carbons (Fsp3) is 0.214. The van der Waals surface area contributed by atoms with Crippen molar-refractivity contribution >= 4 is 58.2 Å². The maximum Gasteiger partial charge on any atom is 0.352 e. The van der Waals surface area contributed by atoms with E-state index in [0.717, 1.165) is 21.2 Å². The van der Waals surface area contributed by atoms with E-state index < -0.39 is 52.3 Å². The lowest BCUT2D eigenvalue weighted by molar-refractivity contribution is -0.151. The predicted molar refractivity (Wildman–Crippen MR) is 165 cm³/mol. The van der Waals surface area contributed by atoms with Gasteiger partial charge in [0.25, 0.3) is 11.8 Å². The van der Waals surface area contributed by atoms with Crippen LogP contribution >= 0.6 is 23.5 Å². The van der Waals surface area contributed by atoms with E-state index in [1.54, 1.807) is 24.3 Å². The molecule has 0 aliphatic carbocycles. The van der Waals surface area contributed by atoms with Crippen molar-refractivity contribution in [3.05, 3.63) is 91.9 Å². The molecule has 0 bridgehead atoms. The molecule has 2 aromatic carbocycles. The molecule has 6 rings (SSSR count). The van der Waals surface area contributed by atoms with E-state index in [1.165, 1.54) is 43.1 Å². The number of aliphatic carboxylic acids is 1. The Labute approximate surface area is 266 Å². The van der Waals surface area contributed by atoms with E-state index in [-0.39, 0.29) is 33.9 Å². The van der Waals surface area contributed by atoms with E-state index >= 15 is 0 Å². The van der Waals surface area contributed by atoms with Gasteiger partial charge < -0.3 is 25.8 Å². The first-order chi connectivity index (χ1) is 22.0. The molecule has 2 aliphatic heterocycles. The van der Waals surface area contributed by atoms with E-state index in [0.29, 0.717) is 22.2 Å². The SMILES string of the molecule is Cn1c(SCC2=C(C(=O)O)N3C(=O)C(NC(=O)C(NC(=O)c4nc5ccccc5[nH]4)c4ccc(O)cc4)[C@@H]3SC2)n[nH]c(=O)c1=O. The number of phenolic OH excluding ortho intramolecular Hbond substituents is 1. The lowest BCUT2D eigenvalue weighted by Gasteiger charge is -2.49. The Kier molecular flexibility index (Phi) is 8.13. The van der Waals surface area contributed by atoms with Crippen LogP contribution in [-0.4, -0.2) is 86.5 Å². The molecule has 1 fully saturated rings. The molecule has 3 amide bonds. The smallest absolute Gasteiger partial charge is 0.352 e. The zero-order valence-electron chi connectivity index (χ0n) is 23.7. The second-order valence-corrected chi connectivity index (χ2v) is 12.3. The monoisotopic (exact) mass is 664 g/mol. The van der Waals surface area contributed by atoms with Crippen LogP contribution in [0.4, 0.5) is 0 Å². The molecule has 236 valence electrons. The molecule has 3 atom stereocenters. The first kappa shape index (κ1) is 30.7. The highest BCUT2D eigenvalue weighted by molar-refractivity contribution is 8.01. The van der Waals surface area contributed by atoms with Crippen LogP contribution in [0.5, 0.6) is 5.75 Å². The second kappa shape index (κ2) is 12.2. The number of aromatic hydroxyl groups is 1. The van der Waals surface area contributed by atoms with Gasteiger partial charge in [-0.3, -0.25) is 33.4 Å². The number of carbonyl (C=O) groups excluding carboxylic acids is 3. The van der Waals surface area contributed by atoms with Gasteiger partial charge >= 0.3 is 17.1 Å². The first-order valence-corrected chi connectivity index (χ1v) is 15.6. The number of nitrogens with zero attached hydrogens (tertiary/aromatic N) is 4. The van der Waals surface area contributed by atoms with Gasteiger partial charge in [-0.05, 0) is 35.4 Å². The normalized spacial score (nSPS) is 18.1. The average Bonchev–Trinajstić information content (AvgIpc) is 3.49. The number of β-lactam (4-membered cyclic amide) rings is 1. The second-order valence-electron chi connectivity index (χ2n) is 10.2. The summed E-state index contributed by atoms with van der Waals surface area (Å²) in [5.41, 5.74) is -0.0887. The van der Waals surface area contributed by atoms with Crippen LogP contribution < -0.4 is 21.8 Å². The number of phenols is 1. The summed E-state index contributed by atoms with van der Waals surface area (Å²) in [5.74, 6) is -3.27. The summed E-state index contributed by atoms with van der Waals surface area (Å²) < 4.78 is 1.04. The lowest BCUT2D eigenvalue weighted by Crippen LogP contribution is -2.71. The van der Waals surface area contributed by atoms with Crippen molar-refractivity contribution in [1.82, 2.24) is 40.3 Å². The number of hydrogen-bond acceptors (Lipinski definition) is 11. The Morgan fingerprint density at radius 2 is 1.87 bits per heavy atom. The highest BCUT2D eigenvalue weighted by atomic mass is 32.2. The number of thioether (sulfide) groups is 2. The molecule has 18 heteroatoms. The number of carboxylic acid groups (broad SMARTS) is 1. The quantitative estimate of drug-likeness (QED) is 0.0792. The summed E-state index contributed by atoms with van der Waals surface area (Å²) in [5, 5.41) is 30.4. The van der Waals surface area contributed by atoms with Crippen molar-refractivity contribution < 1.29 is 29.4 Å². The molecule has 0 radical (unpaired) electrons. The number of nitrogens with one attached hydrogen (secondary N) is 4. The Hall–Kier alpha value is -5.36. The molecule has 1 saturated heterocycles. The summed E-state index contributed by atoms with van der Waals surface area (Å²) >= 11 is 2.26. The van der Waals surface area contributed by atoms with E-state index in [4.69, 9.17) is 0 Å². The number of aromatic amines is 2. The number of amides is 3. The minimum Gasteiger partial charge on any atom is -0.508 e. The van der Waals surface area contributed by atoms with E-state index in [1.807, 2.05) is 0 Å². The van der Waals surface area contributed by atoms with E-state index in [9.17, 15) is 39.0 Å². The summed E-state index contributed by atoms with van der Waals surface area (Å²) in [7, 11) is 1.36. The molecule has 4 aromatic rings. The van der Waals surface area contributed by atoms with Gasteiger partial charge in [-0.1, -0.05) is 36.0 Å². The first-order valence-electron chi connectivity index (χ1n) is 13.6. The van der Waals surface area contributed by atoms with Crippen LogP contribution in [0.3, 0.4) is 0 Å². The number of rotatable bonds is 9. The van der Waals surface area contributed by atoms with Crippen LogP contribution in [0.15, 0.2) is 74.5 Å². The van der Waals surface area contributed by atoms with Gasteiger partial charge in [-0.2, -0.15) is 0 Å². The molecule has 2 aliphatic rings. The molecule has 2 aromatic heterocycles. The standard InChI is InChI=1S/C28H24N8O8S2/c1-35-25(42)23(40)33-34-28(35)46-11-13-10-45-26-18(24(41)36(26)19(13)27(43)44)32-21(38)17(12-6-8-14(37)9-7-12)31-22(39)20-29-15-4-2-3-5-16(15)30-20/h2-9,17-18,26,37H,10-11H2,1H3,(H,29,30)(H,31,39)(H,32,38)(H,33,40)(H,43,44)/t17?,18?,26-/m0/s1. The Balaban J connectivity index is 1.20. The van der Waals surface area contributed by atoms with E-state index in [2.05, 4.69) is 30.8 Å². The average molecular weight is 665 g/mol. The molecule has 0 spiro atoms. The summed E-state index contributed by atoms with van der Waals surface area (Å²) in [6.45, 7) is 0. The number of carbonyl (C=O) groups is 4. The molecule has 4 heterocycles. The number of imidazole rings is 1. The van der Waals surface area contributed by atoms with Crippen LogP contribution in [0, 0.1) is 0 Å². The molecule has 16 nitrogen and oxygen atoms in total. The van der Waals surface area contributed by atoms with Gasteiger partial charge in [0, 0.05) is 18.6 Å². The summed E-state index contributed by atoms with van der Waals surface area (Å²) in [6, 6.07) is 10.2. The Morgan fingerprint density at radius 1 is 1.13 bits per heavy atom. The fourth-order valence-electron chi connectivity index (χ4n) is 5.00. The molecule has 0 saturated carbocycles. The third-order valence-corrected chi connectivity index (χ3v) is 9.79. The number of fused-ring (bicyclic) bond motifs is 2. The number of para-hydroxylation sites is 2. The van der Waals surface area contributed by atoms with Crippen LogP contribution in [0.2, 0.25) is 0 Å². The molecular weight excluding hydrogens is 640 g/mol. The van der Waals surface area contributed by atoms with Crippen LogP contribution in [0.1, 0.15) is 22.2 Å². The van der Waals surface area contributed by atoms with Gasteiger partial charge in [0.2, 0.25) is 5.91 Å². The third-order valence-electron chi connectivity index (χ3n) is 7.33. The number of carboxylic acids is 1. The largest absolute Gasteiger partial charge is 0.508 e. The van der Waals surface area contributed by atoms with Crippen molar-refractivity contribution in [1.29, 1.82) is 0 Å². The molecular formula is C28H24N8O8S2. The summed E-state index contributed by atoms with van der Waals surface area (Å²) in [4.78, 5) is 84.1. The molecule has 46 heavy (non-hydrogen) atoms. The zero-order valence-corrected chi connectivity index (χ0v) is 25.3. The van der Waals surface area contributed by atoms with Crippen molar-refractivity contribution in [2.45, 2.75) is 22.6 Å². The van der Waals surface area contributed by atoms with Gasteiger partial charge in [0.15, 0.2) is 11.0 Å². The lowest BCUT2D eigenvalue weighted by atomic mass is 10.0. The zero-order chi connectivity index (χ0) is 32.7. The molecule has 6 N–H and O–H groups in total. The van der Waals surface area contributed by atoms with Crippen molar-refractivity contribution in [3.8, 4) is 5.75 Å². The van der Waals surface area contributed by atoms with Crippen molar-refractivity contribution in [3.63, 3.8) is 0 Å². The number of benzene rings is 2. The van der Waals surface area contributed by atoms with Gasteiger partial charge in [-0.25, -0.2) is 14.9 Å². The van der Waals surface area contributed by atoms with Crippen LogP contribution in [0.25, 0.3) is 11.0 Å². The van der Waals surface area contributed by atoms with Gasteiger partial charge in [-0.15, -0.1) is 16.9 Å². The number of H-pyrrole nitrogens is 2. The number of aromatic nitrogens is 5. The highest BCUT2D eigenvalue weighted by Crippen LogP contribution is 2.41. The van der Waals surface area contributed by atoms with Crippen LogP contribution in [-0.2, 0) is 21.4 Å². The van der Waals surface area contributed by atoms with Gasteiger partial charge in [0.05, 0.1) is 11.0 Å². The maximum atomic E-state index is 13.6. The minimum atomic E-state index is -1.34. The van der Waals surface area contributed by atoms with Gasteiger partial charge in [0.1, 0.15) is 28.9 Å². The topological polar surface area (TPSA) is 232 Å². The summed E-state index contributed by atoms with van der Waals surface area (Å²) in [6.07, 6.45) is 0. The van der Waals surface area contributed by atoms with Crippen molar-refractivity contribution in [2.24, 2.45) is 7.05 Å². The van der Waals surface area contributed by atoms with Crippen molar-refractivity contribution in [2.75, 3.05) is 11.5 Å². The number of hydrogen-bond donors (Lipinski definition) is 6.